The second-order valence-electron chi connectivity index (χ2n) is 7.13. The molecule has 1 aromatic heterocycles. The average Bonchev–Trinajstić information content (AvgIpc) is 2.25. The van der Waals surface area contributed by atoms with Crippen molar-refractivity contribution in [2.75, 3.05) is 0 Å². The van der Waals surface area contributed by atoms with Crippen molar-refractivity contribution in [3.05, 3.63) is 41.6 Å². The molecule has 0 aliphatic heterocycles. The fourth-order valence-corrected chi connectivity index (χ4v) is 2.00. The SMILES string of the molecule is CC(C)(C)c1cnc2cc(C(C)(C)C)ccc2c1. The lowest BCUT2D eigenvalue weighted by atomic mass is 9.85. The molecule has 1 heteroatoms. The average molecular weight is 241 g/mol. The molecule has 0 N–H and O–H groups in total. The molecule has 1 heterocycles. The third-order valence-corrected chi connectivity index (χ3v) is 3.42. The summed E-state index contributed by atoms with van der Waals surface area (Å²) in [6.07, 6.45) is 2.01. The van der Waals surface area contributed by atoms with Gasteiger partial charge in [-0.05, 0) is 34.1 Å². The van der Waals surface area contributed by atoms with E-state index in [1.807, 2.05) is 6.20 Å². The van der Waals surface area contributed by atoms with Gasteiger partial charge in [0.25, 0.3) is 0 Å². The number of benzene rings is 1. The van der Waals surface area contributed by atoms with E-state index in [9.17, 15) is 0 Å². The maximum atomic E-state index is 4.62. The number of aromatic nitrogens is 1. The Morgan fingerprint density at radius 1 is 0.778 bits per heavy atom. The highest BCUT2D eigenvalue weighted by atomic mass is 14.7. The first-order valence-corrected chi connectivity index (χ1v) is 6.59. The highest BCUT2D eigenvalue weighted by molar-refractivity contribution is 5.80. The highest BCUT2D eigenvalue weighted by Crippen LogP contribution is 2.28. The van der Waals surface area contributed by atoms with E-state index in [1.165, 1.54) is 16.5 Å². The summed E-state index contributed by atoms with van der Waals surface area (Å²) in [6.45, 7) is 13.4. The fourth-order valence-electron chi connectivity index (χ4n) is 2.00. The lowest BCUT2D eigenvalue weighted by molar-refractivity contribution is 0.587. The van der Waals surface area contributed by atoms with Crippen molar-refractivity contribution in [2.24, 2.45) is 0 Å². The van der Waals surface area contributed by atoms with Gasteiger partial charge in [-0.3, -0.25) is 4.98 Å². The molecule has 1 aromatic carbocycles. The summed E-state index contributed by atoms with van der Waals surface area (Å²) in [5.74, 6) is 0. The minimum absolute atomic E-state index is 0.157. The van der Waals surface area contributed by atoms with Crippen molar-refractivity contribution >= 4 is 10.9 Å². The van der Waals surface area contributed by atoms with Crippen molar-refractivity contribution in [3.8, 4) is 0 Å². The van der Waals surface area contributed by atoms with E-state index in [4.69, 9.17) is 0 Å². The van der Waals surface area contributed by atoms with Gasteiger partial charge in [0.15, 0.2) is 0 Å². The van der Waals surface area contributed by atoms with Gasteiger partial charge >= 0.3 is 0 Å². The van der Waals surface area contributed by atoms with Crippen LogP contribution < -0.4 is 0 Å². The standard InChI is InChI=1S/C17H23N/c1-16(2,3)13-8-7-12-9-14(17(4,5)6)11-18-15(12)10-13/h7-11H,1-6H3. The van der Waals surface area contributed by atoms with Crippen LogP contribution in [0.4, 0.5) is 0 Å². The highest BCUT2D eigenvalue weighted by Gasteiger charge is 2.16. The summed E-state index contributed by atoms with van der Waals surface area (Å²) in [4.78, 5) is 4.62. The largest absolute Gasteiger partial charge is 0.256 e. The van der Waals surface area contributed by atoms with Crippen LogP contribution in [0.5, 0.6) is 0 Å². The molecule has 0 bridgehead atoms. The van der Waals surface area contributed by atoms with Crippen LogP contribution in [0.3, 0.4) is 0 Å². The Morgan fingerprint density at radius 2 is 1.39 bits per heavy atom. The number of nitrogens with zero attached hydrogens (tertiary/aromatic N) is 1. The molecule has 0 fully saturated rings. The molecular weight excluding hydrogens is 218 g/mol. The second kappa shape index (κ2) is 4.08. The molecule has 2 aromatic rings. The summed E-state index contributed by atoms with van der Waals surface area (Å²) in [6, 6.07) is 8.88. The molecule has 0 amide bonds. The third kappa shape index (κ3) is 2.55. The van der Waals surface area contributed by atoms with Crippen LogP contribution in [-0.4, -0.2) is 4.98 Å². The Balaban J connectivity index is 2.56. The van der Waals surface area contributed by atoms with Crippen LogP contribution in [0.25, 0.3) is 10.9 Å². The fraction of sp³-hybridized carbons (Fsp3) is 0.471. The molecule has 0 aliphatic rings. The summed E-state index contributed by atoms with van der Waals surface area (Å²) in [5.41, 5.74) is 4.06. The van der Waals surface area contributed by atoms with Gasteiger partial charge in [0, 0.05) is 11.6 Å². The van der Waals surface area contributed by atoms with Gasteiger partial charge < -0.3 is 0 Å². The second-order valence-corrected chi connectivity index (χ2v) is 7.13. The molecule has 0 saturated heterocycles. The molecule has 0 spiro atoms. The van der Waals surface area contributed by atoms with Crippen LogP contribution in [0.15, 0.2) is 30.5 Å². The molecule has 2 rings (SSSR count). The molecule has 96 valence electrons. The van der Waals surface area contributed by atoms with E-state index in [0.29, 0.717) is 0 Å². The van der Waals surface area contributed by atoms with Gasteiger partial charge in [0.05, 0.1) is 5.52 Å². The van der Waals surface area contributed by atoms with Crippen LogP contribution in [0.2, 0.25) is 0 Å². The number of hydrogen-bond acceptors (Lipinski definition) is 1. The van der Waals surface area contributed by atoms with Crippen molar-refractivity contribution in [1.29, 1.82) is 0 Å². The zero-order valence-electron chi connectivity index (χ0n) is 12.3. The van der Waals surface area contributed by atoms with E-state index >= 15 is 0 Å². The zero-order chi connectivity index (χ0) is 13.6. The summed E-state index contributed by atoms with van der Waals surface area (Å²) in [7, 11) is 0. The summed E-state index contributed by atoms with van der Waals surface area (Å²) >= 11 is 0. The van der Waals surface area contributed by atoms with E-state index < -0.39 is 0 Å². The van der Waals surface area contributed by atoms with Crippen LogP contribution in [-0.2, 0) is 10.8 Å². The molecule has 0 atom stereocenters. The van der Waals surface area contributed by atoms with E-state index in [0.717, 1.165) is 5.52 Å². The number of rotatable bonds is 0. The predicted octanol–water partition coefficient (Wildman–Crippen LogP) is 4.83. The molecule has 0 radical (unpaired) electrons. The van der Waals surface area contributed by atoms with Gasteiger partial charge in [-0.1, -0.05) is 53.7 Å². The molecule has 0 unspecified atom stereocenters. The van der Waals surface area contributed by atoms with Crippen molar-refractivity contribution in [1.82, 2.24) is 4.98 Å². The van der Waals surface area contributed by atoms with Crippen molar-refractivity contribution < 1.29 is 0 Å². The minimum Gasteiger partial charge on any atom is -0.256 e. The zero-order valence-corrected chi connectivity index (χ0v) is 12.3. The Hall–Kier alpha value is -1.37. The predicted molar refractivity (Wildman–Crippen MR) is 79.1 cm³/mol. The normalized spacial score (nSPS) is 13.0. The topological polar surface area (TPSA) is 12.9 Å². The lowest BCUT2D eigenvalue weighted by Gasteiger charge is -2.21. The van der Waals surface area contributed by atoms with Crippen molar-refractivity contribution in [2.45, 2.75) is 52.4 Å². The van der Waals surface area contributed by atoms with E-state index in [-0.39, 0.29) is 10.8 Å². The van der Waals surface area contributed by atoms with Crippen molar-refractivity contribution in [3.63, 3.8) is 0 Å². The molecule has 18 heavy (non-hydrogen) atoms. The number of fused-ring (bicyclic) bond motifs is 1. The van der Waals surface area contributed by atoms with Crippen LogP contribution in [0.1, 0.15) is 52.7 Å². The quantitative estimate of drug-likeness (QED) is 0.643. The number of hydrogen-bond donors (Lipinski definition) is 0. The first-order chi connectivity index (χ1) is 8.18. The Kier molecular flexibility index (Phi) is 2.96. The monoisotopic (exact) mass is 241 g/mol. The van der Waals surface area contributed by atoms with Crippen LogP contribution in [0, 0.1) is 0 Å². The maximum Gasteiger partial charge on any atom is 0.0705 e. The van der Waals surface area contributed by atoms with Gasteiger partial charge in [0.1, 0.15) is 0 Å². The van der Waals surface area contributed by atoms with Gasteiger partial charge in [-0.2, -0.15) is 0 Å². The van der Waals surface area contributed by atoms with Gasteiger partial charge in [0.2, 0.25) is 0 Å². The molecular formula is C17H23N. The summed E-state index contributed by atoms with van der Waals surface area (Å²) < 4.78 is 0. The Bertz CT molecular complexity index is 515. The Labute approximate surface area is 110 Å². The molecule has 0 aliphatic carbocycles. The summed E-state index contributed by atoms with van der Waals surface area (Å²) in [5, 5.41) is 1.23. The van der Waals surface area contributed by atoms with Crippen LogP contribution >= 0.6 is 0 Å². The number of pyridine rings is 1. The lowest BCUT2D eigenvalue weighted by Crippen LogP contribution is -2.12. The first kappa shape index (κ1) is 13.1. The first-order valence-electron chi connectivity index (χ1n) is 6.59. The Morgan fingerprint density at radius 3 is 1.94 bits per heavy atom. The maximum absolute atomic E-state index is 4.62. The van der Waals surface area contributed by atoms with E-state index in [2.05, 4.69) is 70.8 Å². The molecule has 0 saturated carbocycles. The molecule has 1 nitrogen and oxygen atoms in total. The minimum atomic E-state index is 0.157. The smallest absolute Gasteiger partial charge is 0.0705 e. The van der Waals surface area contributed by atoms with Gasteiger partial charge in [-0.25, -0.2) is 0 Å². The van der Waals surface area contributed by atoms with Gasteiger partial charge in [-0.15, -0.1) is 0 Å². The third-order valence-electron chi connectivity index (χ3n) is 3.42. The van der Waals surface area contributed by atoms with E-state index in [1.54, 1.807) is 0 Å².